The summed E-state index contributed by atoms with van der Waals surface area (Å²) in [5.74, 6) is -1.02. The highest BCUT2D eigenvalue weighted by Crippen LogP contribution is 2.23. The lowest BCUT2D eigenvalue weighted by molar-refractivity contribution is 0.262. The summed E-state index contributed by atoms with van der Waals surface area (Å²) in [6, 6.07) is 16.5. The van der Waals surface area contributed by atoms with Crippen LogP contribution in [0, 0.1) is 11.6 Å². The Morgan fingerprint density at radius 3 is 2.52 bits per heavy atom. The molecule has 10 heteroatoms. The van der Waals surface area contributed by atoms with E-state index < -0.39 is 17.7 Å². The van der Waals surface area contributed by atoms with Gasteiger partial charge >= 0.3 is 6.03 Å². The molecular weight excluding hydrogens is 428 g/mol. The van der Waals surface area contributed by atoms with Gasteiger partial charge in [-0.1, -0.05) is 12.1 Å². The summed E-state index contributed by atoms with van der Waals surface area (Å²) >= 11 is 0. The van der Waals surface area contributed by atoms with Crippen molar-refractivity contribution >= 4 is 23.1 Å². The monoisotopic (exact) mass is 443 g/mol. The third-order valence-corrected chi connectivity index (χ3v) is 4.80. The van der Waals surface area contributed by atoms with Crippen LogP contribution in [-0.2, 0) is 0 Å². The molecule has 0 saturated heterocycles. The first-order chi connectivity index (χ1) is 16.1. The van der Waals surface area contributed by atoms with Crippen LogP contribution in [0.25, 0.3) is 28.3 Å². The van der Waals surface area contributed by atoms with Crippen molar-refractivity contribution in [2.45, 2.75) is 0 Å². The third-order valence-electron chi connectivity index (χ3n) is 4.80. The predicted molar refractivity (Wildman–Crippen MR) is 118 cm³/mol. The zero-order valence-corrected chi connectivity index (χ0v) is 16.9. The number of benzene rings is 2. The van der Waals surface area contributed by atoms with Gasteiger partial charge in [0.1, 0.15) is 11.6 Å². The molecule has 0 fully saturated rings. The molecule has 33 heavy (non-hydrogen) atoms. The van der Waals surface area contributed by atoms with Gasteiger partial charge in [-0.3, -0.25) is 4.98 Å². The number of aromatic nitrogens is 5. The number of urea groups is 1. The average molecular weight is 443 g/mol. The van der Waals surface area contributed by atoms with E-state index in [0.717, 1.165) is 23.3 Å². The van der Waals surface area contributed by atoms with Crippen LogP contribution in [0.15, 0.2) is 79.1 Å². The Balaban J connectivity index is 1.40. The van der Waals surface area contributed by atoms with Crippen LogP contribution >= 0.6 is 0 Å². The highest BCUT2D eigenvalue weighted by molar-refractivity contribution is 6.00. The van der Waals surface area contributed by atoms with Gasteiger partial charge in [-0.15, -0.1) is 10.2 Å². The van der Waals surface area contributed by atoms with Gasteiger partial charge in [-0.25, -0.2) is 13.6 Å². The number of pyridine rings is 1. The van der Waals surface area contributed by atoms with Gasteiger partial charge in [-0.2, -0.15) is 9.61 Å². The number of carbonyl (C=O) groups is 1. The number of nitrogens with zero attached hydrogens (tertiary/aromatic N) is 5. The molecule has 0 radical (unpaired) electrons. The molecular formula is C23H15F2N7O. The standard InChI is InChI=1S/C23H15F2N7O/c24-16-4-5-20(18(25)13-16)28-23(33)27-17-3-1-2-15(12-17)19-6-7-21-29-30-22(32(21)31-19)14-8-10-26-11-9-14/h1-13H,(H2,27,28,33). The summed E-state index contributed by atoms with van der Waals surface area (Å²) in [6.07, 6.45) is 3.33. The Bertz CT molecular complexity index is 1470. The summed E-state index contributed by atoms with van der Waals surface area (Å²) in [6.45, 7) is 0. The van der Waals surface area contributed by atoms with Crippen molar-refractivity contribution in [1.82, 2.24) is 24.8 Å². The van der Waals surface area contributed by atoms with E-state index in [-0.39, 0.29) is 5.69 Å². The maximum atomic E-state index is 13.8. The SMILES string of the molecule is O=C(Nc1cccc(-c2ccc3nnc(-c4ccncc4)n3n2)c1)Nc1ccc(F)cc1F. The van der Waals surface area contributed by atoms with Crippen LogP contribution < -0.4 is 10.6 Å². The van der Waals surface area contributed by atoms with E-state index in [0.29, 0.717) is 28.9 Å². The van der Waals surface area contributed by atoms with Crippen molar-refractivity contribution in [2.24, 2.45) is 0 Å². The summed E-state index contributed by atoms with van der Waals surface area (Å²) < 4.78 is 28.5. The van der Waals surface area contributed by atoms with E-state index in [4.69, 9.17) is 0 Å². The van der Waals surface area contributed by atoms with Gasteiger partial charge in [0.2, 0.25) is 0 Å². The fourth-order valence-electron chi connectivity index (χ4n) is 3.26. The van der Waals surface area contributed by atoms with E-state index in [1.807, 2.05) is 18.2 Å². The van der Waals surface area contributed by atoms with Crippen molar-refractivity contribution < 1.29 is 13.6 Å². The molecule has 3 heterocycles. The van der Waals surface area contributed by atoms with E-state index in [1.54, 1.807) is 47.2 Å². The molecule has 162 valence electrons. The molecule has 8 nitrogen and oxygen atoms in total. The number of amides is 2. The molecule has 0 unspecified atom stereocenters. The van der Waals surface area contributed by atoms with Crippen LogP contribution in [0.1, 0.15) is 0 Å². The van der Waals surface area contributed by atoms with E-state index in [9.17, 15) is 13.6 Å². The topological polar surface area (TPSA) is 97.1 Å². The number of anilines is 2. The second-order valence-electron chi connectivity index (χ2n) is 7.03. The molecule has 0 atom stereocenters. The predicted octanol–water partition coefficient (Wildman–Crippen LogP) is 4.78. The summed E-state index contributed by atoms with van der Waals surface area (Å²) in [5, 5.41) is 18.0. The highest BCUT2D eigenvalue weighted by Gasteiger charge is 2.12. The fraction of sp³-hybridized carbons (Fsp3) is 0. The number of hydrogen-bond acceptors (Lipinski definition) is 5. The number of fused-ring (bicyclic) bond motifs is 1. The summed E-state index contributed by atoms with van der Waals surface area (Å²) in [5.41, 5.74) is 3.10. The molecule has 0 aliphatic carbocycles. The minimum Gasteiger partial charge on any atom is -0.308 e. The normalized spacial score (nSPS) is 10.8. The van der Waals surface area contributed by atoms with E-state index in [2.05, 4.69) is 30.9 Å². The number of hydrogen-bond donors (Lipinski definition) is 2. The first-order valence-electron chi connectivity index (χ1n) is 9.83. The van der Waals surface area contributed by atoms with Crippen LogP contribution in [0.5, 0.6) is 0 Å². The minimum atomic E-state index is -0.865. The second kappa shape index (κ2) is 8.42. The molecule has 3 aromatic heterocycles. The molecule has 2 aromatic carbocycles. The second-order valence-corrected chi connectivity index (χ2v) is 7.03. The van der Waals surface area contributed by atoms with Crippen molar-refractivity contribution in [3.8, 4) is 22.6 Å². The van der Waals surface area contributed by atoms with Crippen LogP contribution in [0.4, 0.5) is 25.0 Å². The Labute approximate surface area is 185 Å². The highest BCUT2D eigenvalue weighted by atomic mass is 19.1. The molecule has 5 rings (SSSR count). The average Bonchev–Trinajstić information content (AvgIpc) is 3.25. The van der Waals surface area contributed by atoms with Gasteiger partial charge in [0, 0.05) is 35.3 Å². The summed E-state index contributed by atoms with van der Waals surface area (Å²) in [7, 11) is 0. The lowest BCUT2D eigenvalue weighted by atomic mass is 10.1. The van der Waals surface area contributed by atoms with Gasteiger partial charge in [0.15, 0.2) is 11.5 Å². The molecule has 2 amide bonds. The fourth-order valence-corrected chi connectivity index (χ4v) is 3.26. The number of nitrogens with one attached hydrogen (secondary N) is 2. The van der Waals surface area contributed by atoms with Gasteiger partial charge < -0.3 is 10.6 Å². The number of carbonyl (C=O) groups excluding carboxylic acids is 1. The Kier molecular flexibility index (Phi) is 5.15. The first-order valence-corrected chi connectivity index (χ1v) is 9.83. The van der Waals surface area contributed by atoms with Crippen LogP contribution in [-0.4, -0.2) is 30.8 Å². The molecule has 0 aliphatic rings. The van der Waals surface area contributed by atoms with Crippen LogP contribution in [0.2, 0.25) is 0 Å². The lowest BCUT2D eigenvalue weighted by Crippen LogP contribution is -2.20. The Morgan fingerprint density at radius 2 is 1.70 bits per heavy atom. The lowest BCUT2D eigenvalue weighted by Gasteiger charge is -2.10. The summed E-state index contributed by atoms with van der Waals surface area (Å²) in [4.78, 5) is 16.3. The van der Waals surface area contributed by atoms with Gasteiger partial charge in [-0.05, 0) is 48.5 Å². The molecule has 0 spiro atoms. The largest absolute Gasteiger partial charge is 0.323 e. The molecule has 0 saturated carbocycles. The Morgan fingerprint density at radius 1 is 0.848 bits per heavy atom. The van der Waals surface area contributed by atoms with Crippen molar-refractivity contribution in [2.75, 3.05) is 10.6 Å². The Hall–Kier alpha value is -4.73. The van der Waals surface area contributed by atoms with E-state index >= 15 is 0 Å². The van der Waals surface area contributed by atoms with Gasteiger partial charge in [0.05, 0.1) is 11.4 Å². The van der Waals surface area contributed by atoms with Crippen molar-refractivity contribution in [3.63, 3.8) is 0 Å². The molecule has 0 bridgehead atoms. The van der Waals surface area contributed by atoms with Crippen molar-refractivity contribution in [3.05, 3.63) is 90.8 Å². The maximum Gasteiger partial charge on any atom is 0.323 e. The third kappa shape index (κ3) is 4.22. The van der Waals surface area contributed by atoms with Crippen molar-refractivity contribution in [1.29, 1.82) is 0 Å². The minimum absolute atomic E-state index is 0.131. The number of halogens is 2. The smallest absolute Gasteiger partial charge is 0.308 e. The van der Waals surface area contributed by atoms with Gasteiger partial charge in [0.25, 0.3) is 0 Å². The maximum absolute atomic E-state index is 13.8. The molecule has 2 N–H and O–H groups in total. The molecule has 0 aliphatic heterocycles. The zero-order chi connectivity index (χ0) is 22.8. The quantitative estimate of drug-likeness (QED) is 0.417. The molecule has 5 aromatic rings. The zero-order valence-electron chi connectivity index (χ0n) is 16.9. The first kappa shape index (κ1) is 20.2. The van der Waals surface area contributed by atoms with E-state index in [1.165, 1.54) is 0 Å². The van der Waals surface area contributed by atoms with Crippen LogP contribution in [0.3, 0.4) is 0 Å². The number of rotatable bonds is 4.